The van der Waals surface area contributed by atoms with Crippen LogP contribution >= 0.6 is 0 Å². The smallest absolute Gasteiger partial charge is 0.308 e. The molecule has 3 aliphatic rings. The van der Waals surface area contributed by atoms with Gasteiger partial charge in [0.05, 0.1) is 56.8 Å². The average molecular weight is 487 g/mol. The van der Waals surface area contributed by atoms with Crippen LogP contribution in [0.5, 0.6) is 0 Å². The summed E-state index contributed by atoms with van der Waals surface area (Å²) in [5.41, 5.74) is 0. The maximum atomic E-state index is 11.5. The van der Waals surface area contributed by atoms with Crippen LogP contribution in [-0.2, 0) is 28.5 Å². The van der Waals surface area contributed by atoms with Crippen LogP contribution in [0.1, 0.15) is 64.7 Å². The molecule has 0 aliphatic carbocycles. The van der Waals surface area contributed by atoms with Gasteiger partial charge in [-0.3, -0.25) is 4.79 Å². The molecule has 9 heteroatoms. The molecule has 0 bridgehead atoms. The van der Waals surface area contributed by atoms with E-state index in [9.17, 15) is 20.1 Å². The van der Waals surface area contributed by atoms with E-state index in [1.807, 2.05) is 19.1 Å². The van der Waals surface area contributed by atoms with Crippen LogP contribution in [0.2, 0.25) is 0 Å². The van der Waals surface area contributed by atoms with E-state index in [0.717, 1.165) is 19.3 Å². The van der Waals surface area contributed by atoms with E-state index in [4.69, 9.17) is 23.7 Å². The topological polar surface area (TPSA) is 124 Å². The Morgan fingerprint density at radius 1 is 1.09 bits per heavy atom. The Morgan fingerprint density at radius 2 is 1.79 bits per heavy atom. The van der Waals surface area contributed by atoms with Gasteiger partial charge in [-0.15, -0.1) is 0 Å². The van der Waals surface area contributed by atoms with Crippen molar-refractivity contribution in [2.45, 2.75) is 113 Å². The van der Waals surface area contributed by atoms with Gasteiger partial charge in [-0.2, -0.15) is 0 Å². The van der Waals surface area contributed by atoms with Gasteiger partial charge >= 0.3 is 5.97 Å². The molecular weight excluding hydrogens is 444 g/mol. The van der Waals surface area contributed by atoms with E-state index in [1.54, 1.807) is 7.11 Å². The molecule has 2 saturated heterocycles. The van der Waals surface area contributed by atoms with E-state index in [0.29, 0.717) is 25.7 Å². The lowest BCUT2D eigenvalue weighted by molar-refractivity contribution is -0.305. The standard InChI is InChI=1S/C25H42O9/c1-16-7-9-25(10-8-21(30-2)23(15-26)34-25)33-22(16)13-18(28)11-17(27)12-19-5-4-6-20(32-19)14-24(29)31-3/h7,9,16-23,26-28H,4-6,8,10-15H2,1-3H3/t16-,17-,18-,19-,20+,21-,22+,23+,25-/m0/s1. The highest BCUT2D eigenvalue weighted by Gasteiger charge is 2.45. The Hall–Kier alpha value is -1.07. The number of hydrogen-bond acceptors (Lipinski definition) is 9. The highest BCUT2D eigenvalue weighted by molar-refractivity contribution is 5.69. The second-order valence-electron chi connectivity index (χ2n) is 9.94. The third-order valence-electron chi connectivity index (χ3n) is 7.26. The number of aliphatic hydroxyl groups is 3. The van der Waals surface area contributed by atoms with Crippen molar-refractivity contribution >= 4 is 5.97 Å². The molecule has 34 heavy (non-hydrogen) atoms. The minimum absolute atomic E-state index is 0.0782. The summed E-state index contributed by atoms with van der Waals surface area (Å²) in [6.45, 7) is 1.87. The van der Waals surface area contributed by atoms with Crippen molar-refractivity contribution in [2.75, 3.05) is 20.8 Å². The molecule has 0 saturated carbocycles. The molecule has 0 aromatic heterocycles. The molecule has 196 valence electrons. The number of esters is 1. The maximum Gasteiger partial charge on any atom is 0.308 e. The van der Waals surface area contributed by atoms with Gasteiger partial charge in [0.15, 0.2) is 5.79 Å². The normalized spacial score (nSPS) is 37.9. The Bertz CT molecular complexity index is 671. The monoisotopic (exact) mass is 486 g/mol. The summed E-state index contributed by atoms with van der Waals surface area (Å²) >= 11 is 0. The van der Waals surface area contributed by atoms with Crippen LogP contribution in [0.4, 0.5) is 0 Å². The molecule has 3 N–H and O–H groups in total. The van der Waals surface area contributed by atoms with Crippen molar-refractivity contribution in [3.8, 4) is 0 Å². The first-order chi connectivity index (χ1) is 16.3. The first-order valence-corrected chi connectivity index (χ1v) is 12.5. The van der Waals surface area contributed by atoms with E-state index in [2.05, 4.69) is 0 Å². The van der Waals surface area contributed by atoms with Gasteiger partial charge in [0.1, 0.15) is 6.10 Å². The zero-order valence-corrected chi connectivity index (χ0v) is 20.6. The third-order valence-corrected chi connectivity index (χ3v) is 7.26. The highest BCUT2D eigenvalue weighted by Crippen LogP contribution is 2.39. The van der Waals surface area contributed by atoms with E-state index >= 15 is 0 Å². The summed E-state index contributed by atoms with van der Waals surface area (Å²) in [4.78, 5) is 11.5. The minimum Gasteiger partial charge on any atom is -0.469 e. The molecule has 0 aromatic carbocycles. The molecule has 3 rings (SSSR count). The zero-order chi connectivity index (χ0) is 24.7. The average Bonchev–Trinajstić information content (AvgIpc) is 2.81. The zero-order valence-electron chi connectivity index (χ0n) is 20.6. The number of carbonyl (C=O) groups excluding carboxylic acids is 1. The number of aliphatic hydroxyl groups excluding tert-OH is 3. The van der Waals surface area contributed by atoms with Gasteiger partial charge in [0, 0.05) is 25.9 Å². The van der Waals surface area contributed by atoms with Crippen molar-refractivity contribution in [2.24, 2.45) is 5.92 Å². The number of rotatable bonds is 10. The number of carbonyl (C=O) groups is 1. The van der Waals surface area contributed by atoms with Gasteiger partial charge < -0.3 is 39.0 Å². The van der Waals surface area contributed by atoms with Crippen LogP contribution in [0.3, 0.4) is 0 Å². The van der Waals surface area contributed by atoms with Crippen LogP contribution in [-0.4, -0.2) is 90.6 Å². The van der Waals surface area contributed by atoms with E-state index < -0.39 is 24.1 Å². The van der Waals surface area contributed by atoms with Gasteiger partial charge in [-0.25, -0.2) is 0 Å². The predicted octanol–water partition coefficient (Wildman–Crippen LogP) is 1.85. The van der Waals surface area contributed by atoms with Crippen molar-refractivity contribution in [3.05, 3.63) is 12.2 Å². The Kier molecular flexibility index (Phi) is 10.3. The Balaban J connectivity index is 1.48. The summed E-state index contributed by atoms with van der Waals surface area (Å²) in [6.07, 6.45) is 6.33. The van der Waals surface area contributed by atoms with Crippen molar-refractivity contribution in [1.82, 2.24) is 0 Å². The van der Waals surface area contributed by atoms with Crippen LogP contribution in [0.25, 0.3) is 0 Å². The van der Waals surface area contributed by atoms with Gasteiger partial charge in [-0.1, -0.05) is 13.0 Å². The maximum absolute atomic E-state index is 11.5. The number of methoxy groups -OCH3 is 2. The molecule has 0 aromatic rings. The number of hydrogen-bond donors (Lipinski definition) is 3. The van der Waals surface area contributed by atoms with Crippen LogP contribution in [0.15, 0.2) is 12.2 Å². The lowest BCUT2D eigenvalue weighted by Gasteiger charge is -2.46. The molecule has 0 unspecified atom stereocenters. The highest BCUT2D eigenvalue weighted by atomic mass is 16.7. The lowest BCUT2D eigenvalue weighted by atomic mass is 9.89. The fraction of sp³-hybridized carbons (Fsp3) is 0.880. The molecule has 9 nitrogen and oxygen atoms in total. The minimum atomic E-state index is -0.928. The molecule has 3 aliphatic heterocycles. The summed E-state index contributed by atoms with van der Waals surface area (Å²) in [6, 6.07) is 0. The largest absolute Gasteiger partial charge is 0.469 e. The van der Waals surface area contributed by atoms with Gasteiger partial charge in [-0.05, 0) is 44.6 Å². The van der Waals surface area contributed by atoms with Gasteiger partial charge in [0.25, 0.3) is 0 Å². The van der Waals surface area contributed by atoms with Crippen molar-refractivity contribution in [1.29, 1.82) is 0 Å². The molecular formula is C25H42O9. The molecule has 2 fully saturated rings. The molecule has 3 heterocycles. The summed E-state index contributed by atoms with van der Waals surface area (Å²) < 4.78 is 28.5. The van der Waals surface area contributed by atoms with Crippen LogP contribution < -0.4 is 0 Å². The molecule has 0 radical (unpaired) electrons. The number of ether oxygens (including phenoxy) is 5. The van der Waals surface area contributed by atoms with Gasteiger partial charge in [0.2, 0.25) is 0 Å². The Morgan fingerprint density at radius 3 is 2.50 bits per heavy atom. The second-order valence-corrected chi connectivity index (χ2v) is 9.94. The molecule has 1 spiro atoms. The first kappa shape index (κ1) is 27.5. The summed E-state index contributed by atoms with van der Waals surface area (Å²) in [5, 5.41) is 31.0. The quantitative estimate of drug-likeness (QED) is 0.313. The molecule has 9 atom stereocenters. The Labute approximate surface area is 202 Å². The second kappa shape index (κ2) is 12.8. The molecule has 0 amide bonds. The summed E-state index contributed by atoms with van der Waals surface area (Å²) in [5.74, 6) is -1.14. The van der Waals surface area contributed by atoms with Crippen LogP contribution in [0, 0.1) is 5.92 Å². The fourth-order valence-electron chi connectivity index (χ4n) is 5.29. The SMILES string of the molecule is COC(=O)C[C@H]1CCC[C@@H](C[C@@H](O)C[C@H](O)C[C@H]2O[C@]3(C=C[C@@H]2C)CC[C@H](OC)[C@@H](CO)O3)O1. The lowest BCUT2D eigenvalue weighted by Crippen LogP contribution is -2.53. The predicted molar refractivity (Wildman–Crippen MR) is 123 cm³/mol. The van der Waals surface area contributed by atoms with E-state index in [-0.39, 0.29) is 55.8 Å². The first-order valence-electron chi connectivity index (χ1n) is 12.5. The van der Waals surface area contributed by atoms with Crippen molar-refractivity contribution < 1.29 is 43.8 Å². The third kappa shape index (κ3) is 7.46. The van der Waals surface area contributed by atoms with E-state index in [1.165, 1.54) is 7.11 Å². The fourth-order valence-corrected chi connectivity index (χ4v) is 5.29. The summed E-state index contributed by atoms with van der Waals surface area (Å²) in [7, 11) is 2.97. The van der Waals surface area contributed by atoms with Crippen molar-refractivity contribution in [3.63, 3.8) is 0 Å².